The molecule has 0 spiro atoms. The van der Waals surface area contributed by atoms with Crippen LogP contribution in [0.3, 0.4) is 0 Å². The summed E-state index contributed by atoms with van der Waals surface area (Å²) in [6, 6.07) is 7.56. The number of benzene rings is 1. The molecule has 1 aromatic rings. The van der Waals surface area contributed by atoms with Crippen LogP contribution in [-0.4, -0.2) is 17.9 Å². The van der Waals surface area contributed by atoms with Gasteiger partial charge in [-0.3, -0.25) is 9.59 Å². The molecule has 0 heterocycles. The fourth-order valence-corrected chi connectivity index (χ4v) is 3.03. The molecule has 0 atom stereocenters. The Kier molecular flexibility index (Phi) is 4.23. The van der Waals surface area contributed by atoms with Crippen LogP contribution in [0.4, 0.5) is 5.69 Å². The van der Waals surface area contributed by atoms with Gasteiger partial charge in [0.05, 0.1) is 11.3 Å². The van der Waals surface area contributed by atoms with E-state index in [1.165, 1.54) is 12.8 Å². The number of rotatable bonds is 4. The van der Waals surface area contributed by atoms with E-state index in [2.05, 4.69) is 10.6 Å². The van der Waals surface area contributed by atoms with Crippen LogP contribution in [0.1, 0.15) is 55.3 Å². The average Bonchev–Trinajstić information content (AvgIpc) is 2.90. The van der Waals surface area contributed by atoms with Crippen LogP contribution in [0.25, 0.3) is 0 Å². The molecule has 2 fully saturated rings. The molecule has 2 N–H and O–H groups in total. The van der Waals surface area contributed by atoms with Crippen molar-refractivity contribution in [1.29, 1.82) is 0 Å². The second-order valence-electron chi connectivity index (χ2n) is 6.12. The topological polar surface area (TPSA) is 58.2 Å². The largest absolute Gasteiger partial charge is 0.349 e. The Balaban J connectivity index is 1.68. The Morgan fingerprint density at radius 2 is 1.67 bits per heavy atom. The lowest BCUT2D eigenvalue weighted by molar-refractivity contribution is -0.122. The first-order valence-corrected chi connectivity index (χ1v) is 7.95. The Morgan fingerprint density at radius 3 is 2.33 bits per heavy atom. The van der Waals surface area contributed by atoms with Gasteiger partial charge in [-0.2, -0.15) is 0 Å². The van der Waals surface area contributed by atoms with Crippen molar-refractivity contribution < 1.29 is 9.59 Å². The van der Waals surface area contributed by atoms with Gasteiger partial charge >= 0.3 is 0 Å². The lowest BCUT2D eigenvalue weighted by atomic mass is 9.85. The summed E-state index contributed by atoms with van der Waals surface area (Å²) >= 11 is 0. The molecule has 2 saturated carbocycles. The van der Waals surface area contributed by atoms with Gasteiger partial charge < -0.3 is 10.6 Å². The maximum Gasteiger partial charge on any atom is 0.253 e. The molecule has 0 bridgehead atoms. The van der Waals surface area contributed by atoms with Gasteiger partial charge in [0.2, 0.25) is 5.91 Å². The first-order valence-electron chi connectivity index (χ1n) is 7.95. The zero-order valence-electron chi connectivity index (χ0n) is 12.2. The third-order valence-electron chi connectivity index (χ3n) is 4.60. The highest BCUT2D eigenvalue weighted by molar-refractivity contribution is 6.04. The first kappa shape index (κ1) is 14.1. The fraction of sp³-hybridized carbons (Fsp3) is 0.529. The van der Waals surface area contributed by atoms with E-state index in [1.54, 1.807) is 12.1 Å². The summed E-state index contributed by atoms with van der Waals surface area (Å²) < 4.78 is 0. The molecule has 0 aromatic heterocycles. The molecule has 3 rings (SSSR count). The van der Waals surface area contributed by atoms with E-state index in [1.807, 2.05) is 12.1 Å². The van der Waals surface area contributed by atoms with E-state index >= 15 is 0 Å². The minimum atomic E-state index is -0.0774. The highest BCUT2D eigenvalue weighted by Gasteiger charge is 2.26. The number of anilines is 1. The van der Waals surface area contributed by atoms with Crippen molar-refractivity contribution in [3.63, 3.8) is 0 Å². The summed E-state index contributed by atoms with van der Waals surface area (Å²) in [4.78, 5) is 24.5. The molecular weight excluding hydrogens is 264 g/mol. The standard InChI is InChI=1S/C17H22N2O2/c20-16(12-6-5-7-12)19-15-11-4-3-10-14(15)17(21)18-13-8-1-2-9-13/h3-4,10-13H,1-2,5-9H2,(H,18,21)(H,19,20). The van der Waals surface area contributed by atoms with Crippen molar-refractivity contribution in [2.75, 3.05) is 5.32 Å². The summed E-state index contributed by atoms with van der Waals surface area (Å²) in [5, 5.41) is 5.99. The van der Waals surface area contributed by atoms with E-state index in [9.17, 15) is 9.59 Å². The second kappa shape index (κ2) is 6.29. The van der Waals surface area contributed by atoms with Crippen LogP contribution in [-0.2, 0) is 4.79 Å². The van der Waals surface area contributed by atoms with Crippen molar-refractivity contribution in [1.82, 2.24) is 5.32 Å². The number of para-hydroxylation sites is 1. The lowest BCUT2D eigenvalue weighted by Gasteiger charge is -2.24. The van der Waals surface area contributed by atoms with Crippen LogP contribution >= 0.6 is 0 Å². The minimum Gasteiger partial charge on any atom is -0.349 e. The molecular formula is C17H22N2O2. The number of carbonyl (C=O) groups excluding carboxylic acids is 2. The molecule has 21 heavy (non-hydrogen) atoms. The predicted molar refractivity (Wildman–Crippen MR) is 82.1 cm³/mol. The summed E-state index contributed by atoms with van der Waals surface area (Å²) in [6.07, 6.45) is 7.53. The molecule has 2 aliphatic carbocycles. The number of nitrogens with one attached hydrogen (secondary N) is 2. The van der Waals surface area contributed by atoms with Gasteiger partial charge in [-0.25, -0.2) is 0 Å². The van der Waals surface area contributed by atoms with E-state index in [-0.39, 0.29) is 23.8 Å². The number of amides is 2. The third kappa shape index (κ3) is 3.26. The third-order valence-corrected chi connectivity index (χ3v) is 4.60. The number of hydrogen-bond acceptors (Lipinski definition) is 2. The van der Waals surface area contributed by atoms with Crippen LogP contribution in [0.2, 0.25) is 0 Å². The normalized spacial score (nSPS) is 19.0. The lowest BCUT2D eigenvalue weighted by Crippen LogP contribution is -2.34. The van der Waals surface area contributed by atoms with Crippen molar-refractivity contribution in [3.8, 4) is 0 Å². The van der Waals surface area contributed by atoms with Gasteiger partial charge in [-0.05, 0) is 37.8 Å². The molecule has 2 aliphatic rings. The van der Waals surface area contributed by atoms with E-state index in [0.29, 0.717) is 11.3 Å². The van der Waals surface area contributed by atoms with E-state index < -0.39 is 0 Å². The molecule has 0 unspecified atom stereocenters. The van der Waals surface area contributed by atoms with Gasteiger partial charge in [-0.15, -0.1) is 0 Å². The summed E-state index contributed by atoms with van der Waals surface area (Å²) in [5.41, 5.74) is 1.20. The van der Waals surface area contributed by atoms with Crippen LogP contribution < -0.4 is 10.6 Å². The summed E-state index contributed by atoms with van der Waals surface area (Å²) in [5.74, 6) is 0.0877. The zero-order valence-corrected chi connectivity index (χ0v) is 12.2. The smallest absolute Gasteiger partial charge is 0.253 e. The Bertz CT molecular complexity index is 531. The number of hydrogen-bond donors (Lipinski definition) is 2. The second-order valence-corrected chi connectivity index (χ2v) is 6.12. The van der Waals surface area contributed by atoms with Gasteiger partial charge in [0, 0.05) is 12.0 Å². The molecule has 112 valence electrons. The maximum absolute atomic E-state index is 12.4. The van der Waals surface area contributed by atoms with Crippen molar-refractivity contribution in [2.45, 2.75) is 51.0 Å². The van der Waals surface area contributed by atoms with Crippen molar-refractivity contribution in [3.05, 3.63) is 29.8 Å². The zero-order chi connectivity index (χ0) is 14.7. The molecule has 2 amide bonds. The van der Waals surface area contributed by atoms with Gasteiger partial charge in [0.1, 0.15) is 0 Å². The Hall–Kier alpha value is -1.84. The molecule has 0 radical (unpaired) electrons. The van der Waals surface area contributed by atoms with Crippen molar-refractivity contribution >= 4 is 17.5 Å². The minimum absolute atomic E-state index is 0.0439. The van der Waals surface area contributed by atoms with Gasteiger partial charge in [0.15, 0.2) is 0 Å². The van der Waals surface area contributed by atoms with Crippen LogP contribution in [0.15, 0.2) is 24.3 Å². The highest BCUT2D eigenvalue weighted by atomic mass is 16.2. The summed E-state index contributed by atoms with van der Waals surface area (Å²) in [7, 11) is 0. The maximum atomic E-state index is 12.4. The fourth-order valence-electron chi connectivity index (χ4n) is 3.03. The van der Waals surface area contributed by atoms with Crippen LogP contribution in [0, 0.1) is 5.92 Å². The molecule has 1 aromatic carbocycles. The van der Waals surface area contributed by atoms with E-state index in [0.717, 1.165) is 32.1 Å². The Morgan fingerprint density at radius 1 is 0.952 bits per heavy atom. The molecule has 0 saturated heterocycles. The SMILES string of the molecule is O=C(NC1CCCC1)c1ccccc1NC(=O)C1CCC1. The molecule has 0 aliphatic heterocycles. The quantitative estimate of drug-likeness (QED) is 0.893. The molecule has 4 heteroatoms. The molecule has 4 nitrogen and oxygen atoms in total. The van der Waals surface area contributed by atoms with Gasteiger partial charge in [0.25, 0.3) is 5.91 Å². The van der Waals surface area contributed by atoms with Crippen LogP contribution in [0.5, 0.6) is 0 Å². The Labute approximate surface area is 125 Å². The van der Waals surface area contributed by atoms with E-state index in [4.69, 9.17) is 0 Å². The number of carbonyl (C=O) groups is 2. The van der Waals surface area contributed by atoms with Gasteiger partial charge in [-0.1, -0.05) is 31.4 Å². The van der Waals surface area contributed by atoms with Crippen molar-refractivity contribution in [2.24, 2.45) is 5.92 Å². The average molecular weight is 286 g/mol. The monoisotopic (exact) mass is 286 g/mol. The predicted octanol–water partition coefficient (Wildman–Crippen LogP) is 3.10. The summed E-state index contributed by atoms with van der Waals surface area (Å²) in [6.45, 7) is 0. The first-order chi connectivity index (χ1) is 10.2. The highest BCUT2D eigenvalue weighted by Crippen LogP contribution is 2.28.